The van der Waals surface area contributed by atoms with Gasteiger partial charge >= 0.3 is 0 Å². The predicted molar refractivity (Wildman–Crippen MR) is 133 cm³/mol. The van der Waals surface area contributed by atoms with Crippen LogP contribution in [0.3, 0.4) is 0 Å². The van der Waals surface area contributed by atoms with Crippen LogP contribution in [-0.2, 0) is 5.41 Å². The van der Waals surface area contributed by atoms with Crippen LogP contribution in [0.4, 0.5) is 0 Å². The predicted octanol–water partition coefficient (Wildman–Crippen LogP) is 8.35. The number of hydrogen-bond donors (Lipinski definition) is 0. The van der Waals surface area contributed by atoms with Crippen molar-refractivity contribution < 1.29 is 0 Å². The molecule has 0 saturated carbocycles. The topological polar surface area (TPSA) is 0 Å². The molecule has 7 rings (SSSR count). The highest BCUT2D eigenvalue weighted by Crippen LogP contribution is 2.64. The minimum Gasteiger partial charge on any atom is -0.0843 e. The van der Waals surface area contributed by atoms with Crippen molar-refractivity contribution >= 4 is 11.6 Å². The van der Waals surface area contributed by atoms with Gasteiger partial charge in [-0.25, -0.2) is 0 Å². The number of benzene rings is 5. The normalized spacial score (nSPS) is 14.0. The van der Waals surface area contributed by atoms with Crippen LogP contribution >= 0.6 is 11.6 Å². The van der Waals surface area contributed by atoms with Crippen LogP contribution in [0.25, 0.3) is 33.4 Å². The fraction of sp³-hybridized carbons (Fsp3) is 0.0323. The molecule has 0 bridgehead atoms. The van der Waals surface area contributed by atoms with Gasteiger partial charge in [0.15, 0.2) is 0 Å². The van der Waals surface area contributed by atoms with E-state index in [0.29, 0.717) is 0 Å². The molecule has 2 aliphatic rings. The minimum atomic E-state index is -0.354. The SMILES string of the molecule is Clc1cc(-c2ccccc2)c2c(c1)C1(c3ccccc3-c3ccccc31)c1ccccc1-2. The zero-order valence-electron chi connectivity index (χ0n) is 17.3. The lowest BCUT2D eigenvalue weighted by atomic mass is 9.70. The van der Waals surface area contributed by atoms with Gasteiger partial charge in [-0.15, -0.1) is 0 Å². The standard InChI is InChI=1S/C31H19Cl/c32-21-18-25(20-10-2-1-3-11-20)30-24-14-6-9-17-28(24)31(29(30)19-21)26-15-7-4-12-22(26)23-13-5-8-16-27(23)31/h1-19H. The summed E-state index contributed by atoms with van der Waals surface area (Å²) in [5.41, 5.74) is 12.5. The van der Waals surface area contributed by atoms with Crippen molar-refractivity contribution in [2.24, 2.45) is 0 Å². The van der Waals surface area contributed by atoms with Crippen LogP contribution in [0.1, 0.15) is 22.3 Å². The zero-order chi connectivity index (χ0) is 21.3. The number of rotatable bonds is 1. The molecule has 0 saturated heterocycles. The average molecular weight is 427 g/mol. The molecule has 0 fully saturated rings. The van der Waals surface area contributed by atoms with Crippen LogP contribution < -0.4 is 0 Å². The molecule has 2 aliphatic carbocycles. The van der Waals surface area contributed by atoms with Gasteiger partial charge in [0.1, 0.15) is 0 Å². The molecular weight excluding hydrogens is 408 g/mol. The first-order valence-electron chi connectivity index (χ1n) is 11.0. The highest BCUT2D eigenvalue weighted by atomic mass is 35.5. The molecule has 0 radical (unpaired) electrons. The first-order valence-corrected chi connectivity index (χ1v) is 11.4. The second-order valence-electron chi connectivity index (χ2n) is 8.63. The summed E-state index contributed by atoms with van der Waals surface area (Å²) >= 11 is 6.84. The molecule has 0 aromatic heterocycles. The Morgan fingerprint density at radius 2 is 0.938 bits per heavy atom. The van der Waals surface area contributed by atoms with Crippen LogP contribution in [0, 0.1) is 0 Å². The van der Waals surface area contributed by atoms with Crippen LogP contribution in [0.5, 0.6) is 0 Å². The van der Waals surface area contributed by atoms with Gasteiger partial charge in [0.2, 0.25) is 0 Å². The molecule has 5 aromatic rings. The minimum absolute atomic E-state index is 0.354. The summed E-state index contributed by atoms with van der Waals surface area (Å²) in [6.45, 7) is 0. The smallest absolute Gasteiger partial charge is 0.0726 e. The molecule has 32 heavy (non-hydrogen) atoms. The maximum absolute atomic E-state index is 6.84. The van der Waals surface area contributed by atoms with Gasteiger partial charge < -0.3 is 0 Å². The fourth-order valence-corrected chi connectivity index (χ4v) is 6.25. The van der Waals surface area contributed by atoms with Crippen molar-refractivity contribution in [3.63, 3.8) is 0 Å². The van der Waals surface area contributed by atoms with Crippen molar-refractivity contribution in [1.82, 2.24) is 0 Å². The van der Waals surface area contributed by atoms with Gasteiger partial charge in [-0.2, -0.15) is 0 Å². The summed E-state index contributed by atoms with van der Waals surface area (Å²) in [7, 11) is 0. The first-order chi connectivity index (χ1) is 15.8. The van der Waals surface area contributed by atoms with Crippen molar-refractivity contribution in [3.05, 3.63) is 143 Å². The van der Waals surface area contributed by atoms with Gasteiger partial charge in [-0.1, -0.05) is 115 Å². The molecule has 0 amide bonds. The monoisotopic (exact) mass is 426 g/mol. The van der Waals surface area contributed by atoms with Crippen molar-refractivity contribution in [3.8, 4) is 33.4 Å². The van der Waals surface area contributed by atoms with Crippen LogP contribution in [0.15, 0.2) is 115 Å². The van der Waals surface area contributed by atoms with Crippen molar-refractivity contribution in [1.29, 1.82) is 0 Å². The van der Waals surface area contributed by atoms with E-state index in [4.69, 9.17) is 11.6 Å². The van der Waals surface area contributed by atoms with E-state index in [2.05, 4.69) is 115 Å². The molecule has 1 spiro atoms. The van der Waals surface area contributed by atoms with Gasteiger partial charge in [0, 0.05) is 5.02 Å². The van der Waals surface area contributed by atoms with E-state index in [0.717, 1.165) is 5.02 Å². The second-order valence-corrected chi connectivity index (χ2v) is 9.07. The van der Waals surface area contributed by atoms with Gasteiger partial charge in [-0.05, 0) is 67.8 Å². The van der Waals surface area contributed by atoms with Gasteiger partial charge in [0.25, 0.3) is 0 Å². The number of halogens is 1. The Kier molecular flexibility index (Phi) is 3.63. The van der Waals surface area contributed by atoms with E-state index >= 15 is 0 Å². The third kappa shape index (κ3) is 2.13. The molecule has 0 N–H and O–H groups in total. The lowest BCUT2D eigenvalue weighted by Gasteiger charge is -2.30. The quantitative estimate of drug-likeness (QED) is 0.247. The van der Waals surface area contributed by atoms with E-state index in [1.807, 2.05) is 0 Å². The molecular formula is C31H19Cl. The largest absolute Gasteiger partial charge is 0.0843 e. The number of hydrogen-bond acceptors (Lipinski definition) is 0. The summed E-state index contributed by atoms with van der Waals surface area (Å²) < 4.78 is 0. The van der Waals surface area contributed by atoms with E-state index in [1.54, 1.807) is 0 Å². The lowest BCUT2D eigenvalue weighted by molar-refractivity contribution is 0.794. The molecule has 5 aromatic carbocycles. The number of fused-ring (bicyclic) bond motifs is 10. The lowest BCUT2D eigenvalue weighted by Crippen LogP contribution is -2.25. The summed E-state index contributed by atoms with van der Waals surface area (Å²) in [4.78, 5) is 0. The highest BCUT2D eigenvalue weighted by Gasteiger charge is 2.52. The maximum atomic E-state index is 6.84. The Morgan fingerprint density at radius 3 is 1.56 bits per heavy atom. The van der Waals surface area contributed by atoms with Crippen LogP contribution in [-0.4, -0.2) is 0 Å². The third-order valence-electron chi connectivity index (χ3n) is 7.14. The Bertz CT molecular complexity index is 1480. The summed E-state index contributed by atoms with van der Waals surface area (Å²) in [5.74, 6) is 0. The Labute approximate surface area is 192 Å². The summed E-state index contributed by atoms with van der Waals surface area (Å²) in [5, 5.41) is 0.775. The van der Waals surface area contributed by atoms with Gasteiger partial charge in [0.05, 0.1) is 5.41 Å². The maximum Gasteiger partial charge on any atom is 0.0726 e. The summed E-state index contributed by atoms with van der Waals surface area (Å²) in [6.07, 6.45) is 0. The summed E-state index contributed by atoms with van der Waals surface area (Å²) in [6, 6.07) is 41.5. The Morgan fingerprint density at radius 1 is 0.438 bits per heavy atom. The fourth-order valence-electron chi connectivity index (χ4n) is 6.03. The average Bonchev–Trinajstić information content (AvgIpc) is 3.31. The van der Waals surface area contributed by atoms with Gasteiger partial charge in [-0.3, -0.25) is 0 Å². The van der Waals surface area contributed by atoms with Crippen LogP contribution in [0.2, 0.25) is 5.02 Å². The molecule has 0 heterocycles. The van der Waals surface area contributed by atoms with E-state index in [9.17, 15) is 0 Å². The molecule has 0 atom stereocenters. The van der Waals surface area contributed by atoms with Crippen molar-refractivity contribution in [2.75, 3.05) is 0 Å². The molecule has 150 valence electrons. The van der Waals surface area contributed by atoms with E-state index < -0.39 is 0 Å². The first kappa shape index (κ1) is 18.0. The molecule has 1 heteroatoms. The Balaban J connectivity index is 1.70. The third-order valence-corrected chi connectivity index (χ3v) is 7.36. The zero-order valence-corrected chi connectivity index (χ0v) is 18.1. The molecule has 0 aliphatic heterocycles. The second kappa shape index (κ2) is 6.45. The molecule has 0 nitrogen and oxygen atoms in total. The highest BCUT2D eigenvalue weighted by molar-refractivity contribution is 6.31. The van der Waals surface area contributed by atoms with Crippen molar-refractivity contribution in [2.45, 2.75) is 5.41 Å². The van der Waals surface area contributed by atoms with E-state index in [1.165, 1.54) is 55.6 Å². The van der Waals surface area contributed by atoms with E-state index in [-0.39, 0.29) is 5.41 Å². The molecule has 0 unspecified atom stereocenters. The Hall–Kier alpha value is -3.61.